The first-order valence-corrected chi connectivity index (χ1v) is 8.70. The largest absolute Gasteiger partial charge is 0.423 e. The maximum Gasteiger partial charge on any atom is 0.404 e. The van der Waals surface area contributed by atoms with Crippen LogP contribution >= 0.6 is 7.60 Å². The van der Waals surface area contributed by atoms with Gasteiger partial charge in [-0.25, -0.2) is 9.36 Å². The molecular weight excluding hydrogens is 321 g/mol. The Kier molecular flexibility index (Phi) is 4.47. The van der Waals surface area contributed by atoms with Gasteiger partial charge in [0.1, 0.15) is 17.7 Å². The van der Waals surface area contributed by atoms with Crippen LogP contribution in [0.1, 0.15) is 0 Å². The quantitative estimate of drug-likeness (QED) is 0.842. The molecule has 1 fully saturated rings. The van der Waals surface area contributed by atoms with Gasteiger partial charge in [0, 0.05) is 6.20 Å². The van der Waals surface area contributed by atoms with Crippen LogP contribution in [0.5, 0.6) is 5.75 Å². The van der Waals surface area contributed by atoms with Crippen molar-refractivity contribution in [1.29, 1.82) is 0 Å². The summed E-state index contributed by atoms with van der Waals surface area (Å²) in [5.74, 6) is 0.615. The van der Waals surface area contributed by atoms with Crippen LogP contribution in [0.2, 0.25) is 0 Å². The van der Waals surface area contributed by atoms with Crippen LogP contribution in [0.4, 0.5) is 5.82 Å². The lowest BCUT2D eigenvalue weighted by Gasteiger charge is -2.29. The summed E-state index contributed by atoms with van der Waals surface area (Å²) in [7, 11) is -3.34. The SMILES string of the molecule is Nc1ccn(CC2COP(=O)(Oc3ccccc3)CO2)c(=O)n1. The van der Waals surface area contributed by atoms with Crippen LogP contribution in [0.25, 0.3) is 0 Å². The first-order chi connectivity index (χ1) is 11.0. The topological polar surface area (TPSA) is 106 Å². The highest BCUT2D eigenvalue weighted by Crippen LogP contribution is 2.50. The van der Waals surface area contributed by atoms with Gasteiger partial charge in [0.25, 0.3) is 0 Å². The van der Waals surface area contributed by atoms with Gasteiger partial charge in [0.15, 0.2) is 6.35 Å². The zero-order valence-electron chi connectivity index (χ0n) is 12.2. The third-order valence-corrected chi connectivity index (χ3v) is 4.71. The van der Waals surface area contributed by atoms with Gasteiger partial charge in [-0.3, -0.25) is 9.09 Å². The molecule has 0 aliphatic carbocycles. The number of benzene rings is 1. The number of para-hydroxylation sites is 1. The van der Waals surface area contributed by atoms with Crippen molar-refractivity contribution >= 4 is 13.4 Å². The molecule has 2 aromatic rings. The summed E-state index contributed by atoms with van der Waals surface area (Å²) >= 11 is 0. The summed E-state index contributed by atoms with van der Waals surface area (Å²) in [4.78, 5) is 15.3. The van der Waals surface area contributed by atoms with Crippen LogP contribution in [0, 0.1) is 0 Å². The van der Waals surface area contributed by atoms with Gasteiger partial charge < -0.3 is 15.0 Å². The van der Waals surface area contributed by atoms with Crippen LogP contribution < -0.4 is 15.9 Å². The Bertz CT molecular complexity index is 767. The fourth-order valence-electron chi connectivity index (χ4n) is 2.08. The normalized spacial score (nSPS) is 24.3. The molecule has 1 aromatic heterocycles. The van der Waals surface area contributed by atoms with Crippen molar-refractivity contribution in [2.45, 2.75) is 12.6 Å². The van der Waals surface area contributed by atoms with E-state index in [2.05, 4.69) is 4.98 Å². The lowest BCUT2D eigenvalue weighted by Crippen LogP contribution is -2.35. The van der Waals surface area contributed by atoms with Crippen LogP contribution in [-0.2, 0) is 20.4 Å². The number of nitrogen functional groups attached to an aromatic ring is 1. The maximum atomic E-state index is 12.4. The first kappa shape index (κ1) is 15.7. The predicted octanol–water partition coefficient (Wildman–Crippen LogP) is 1.47. The van der Waals surface area contributed by atoms with Gasteiger partial charge in [-0.2, -0.15) is 4.98 Å². The minimum Gasteiger partial charge on any atom is -0.423 e. The summed E-state index contributed by atoms with van der Waals surface area (Å²) in [6, 6.07) is 10.3. The van der Waals surface area contributed by atoms with E-state index < -0.39 is 19.4 Å². The third kappa shape index (κ3) is 3.98. The Hall–Kier alpha value is -2.15. The predicted molar refractivity (Wildman–Crippen MR) is 83.3 cm³/mol. The van der Waals surface area contributed by atoms with Gasteiger partial charge in [0.2, 0.25) is 0 Å². The molecule has 2 heterocycles. The number of nitrogens with zero attached hydrogens (tertiary/aromatic N) is 2. The number of nitrogens with two attached hydrogens (primary N) is 1. The molecule has 1 saturated heterocycles. The van der Waals surface area contributed by atoms with Gasteiger partial charge in [0.05, 0.1) is 13.2 Å². The summed E-state index contributed by atoms with van der Waals surface area (Å²) in [5.41, 5.74) is 4.97. The molecule has 2 atom stereocenters. The van der Waals surface area contributed by atoms with E-state index in [0.717, 1.165) is 0 Å². The second-order valence-corrected chi connectivity index (χ2v) is 6.94. The van der Waals surface area contributed by atoms with Crippen LogP contribution in [0.3, 0.4) is 0 Å². The Morgan fingerprint density at radius 2 is 2.13 bits per heavy atom. The molecule has 0 radical (unpaired) electrons. The summed E-state index contributed by atoms with van der Waals surface area (Å²) < 4.78 is 30.1. The summed E-state index contributed by atoms with van der Waals surface area (Å²) in [5, 5.41) is 0. The molecule has 8 nitrogen and oxygen atoms in total. The van der Waals surface area contributed by atoms with Crippen molar-refractivity contribution in [3.63, 3.8) is 0 Å². The zero-order chi connectivity index (χ0) is 16.3. The molecule has 0 saturated carbocycles. The van der Waals surface area contributed by atoms with Crippen molar-refractivity contribution in [2.75, 3.05) is 18.7 Å². The second kappa shape index (κ2) is 6.54. The highest BCUT2D eigenvalue weighted by Gasteiger charge is 2.34. The van der Waals surface area contributed by atoms with Crippen LogP contribution in [-0.4, -0.2) is 28.6 Å². The monoisotopic (exact) mass is 337 g/mol. The third-order valence-electron chi connectivity index (χ3n) is 3.21. The lowest BCUT2D eigenvalue weighted by atomic mass is 10.3. The van der Waals surface area contributed by atoms with Gasteiger partial charge >= 0.3 is 13.3 Å². The smallest absolute Gasteiger partial charge is 0.404 e. The molecular formula is C14H16N3O5P. The van der Waals surface area contributed by atoms with E-state index in [1.807, 2.05) is 6.07 Å². The number of anilines is 1. The van der Waals surface area contributed by atoms with Crippen molar-refractivity contribution < 1.29 is 18.3 Å². The molecule has 2 N–H and O–H groups in total. The minimum absolute atomic E-state index is 0.0565. The van der Waals surface area contributed by atoms with Gasteiger partial charge in [-0.05, 0) is 18.2 Å². The standard InChI is InChI=1S/C14H16N3O5P/c15-13-6-7-17(14(18)16-13)8-12-9-21-23(19,10-20-12)22-11-4-2-1-3-5-11/h1-7,12H,8-10H2,(H2,15,16,18). The average Bonchev–Trinajstić information content (AvgIpc) is 2.53. The molecule has 122 valence electrons. The van der Waals surface area contributed by atoms with E-state index in [1.54, 1.807) is 24.3 Å². The minimum atomic E-state index is -3.34. The van der Waals surface area contributed by atoms with E-state index in [1.165, 1.54) is 16.8 Å². The van der Waals surface area contributed by atoms with Gasteiger partial charge in [-0.15, -0.1) is 0 Å². The highest BCUT2D eigenvalue weighted by molar-refractivity contribution is 7.54. The Labute approximate surface area is 132 Å². The number of rotatable bonds is 4. The average molecular weight is 337 g/mol. The van der Waals surface area contributed by atoms with Crippen molar-refractivity contribution in [3.05, 3.63) is 53.1 Å². The fraction of sp³-hybridized carbons (Fsp3) is 0.286. The first-order valence-electron chi connectivity index (χ1n) is 6.97. The molecule has 0 spiro atoms. The molecule has 9 heteroatoms. The van der Waals surface area contributed by atoms with Crippen molar-refractivity contribution in [2.24, 2.45) is 0 Å². The molecule has 0 bridgehead atoms. The molecule has 1 aliphatic rings. The molecule has 0 amide bonds. The van der Waals surface area contributed by atoms with Crippen molar-refractivity contribution in [3.8, 4) is 5.75 Å². The fourth-order valence-corrected chi connectivity index (χ4v) is 3.49. The Morgan fingerprint density at radius 1 is 1.35 bits per heavy atom. The molecule has 23 heavy (non-hydrogen) atoms. The number of ether oxygens (including phenoxy) is 1. The Balaban J connectivity index is 1.60. The van der Waals surface area contributed by atoms with E-state index in [4.69, 9.17) is 19.5 Å². The summed E-state index contributed by atoms with van der Waals surface area (Å²) in [6.07, 6.45) is 0.937. The van der Waals surface area contributed by atoms with Crippen molar-refractivity contribution in [1.82, 2.24) is 9.55 Å². The highest BCUT2D eigenvalue weighted by atomic mass is 31.2. The van der Waals surface area contributed by atoms with E-state index in [9.17, 15) is 9.36 Å². The molecule has 1 aromatic carbocycles. The second-order valence-electron chi connectivity index (χ2n) is 5.02. The number of aromatic nitrogens is 2. The molecule has 1 aliphatic heterocycles. The maximum absolute atomic E-state index is 12.4. The molecule has 2 unspecified atom stereocenters. The zero-order valence-corrected chi connectivity index (χ0v) is 13.1. The van der Waals surface area contributed by atoms with Crippen LogP contribution in [0.15, 0.2) is 47.4 Å². The molecule has 3 rings (SSSR count). The van der Waals surface area contributed by atoms with E-state index in [0.29, 0.717) is 5.75 Å². The van der Waals surface area contributed by atoms with E-state index in [-0.39, 0.29) is 25.3 Å². The van der Waals surface area contributed by atoms with Gasteiger partial charge in [-0.1, -0.05) is 18.2 Å². The number of hydrogen-bond acceptors (Lipinski definition) is 7. The number of hydrogen-bond donors (Lipinski definition) is 1. The van der Waals surface area contributed by atoms with E-state index >= 15 is 0 Å². The summed E-state index contributed by atoms with van der Waals surface area (Å²) in [6.45, 7) is 0.290. The Morgan fingerprint density at radius 3 is 2.78 bits per heavy atom. The lowest BCUT2D eigenvalue weighted by molar-refractivity contribution is -0.00706.